The summed E-state index contributed by atoms with van der Waals surface area (Å²) in [5.74, 6) is -0.644. The molecule has 176 valence electrons. The minimum Gasteiger partial charge on any atom is -0.368 e. The minimum atomic E-state index is -4.46. The van der Waals surface area contributed by atoms with E-state index in [9.17, 15) is 28.0 Å². The minimum absolute atomic E-state index is 0.0359. The number of nitrogens with one attached hydrogen (secondary N) is 3. The number of alkyl halides is 3. The molecule has 4 atom stereocenters. The number of rotatable bonds is 6. The maximum absolute atomic E-state index is 12.8. The van der Waals surface area contributed by atoms with Crippen molar-refractivity contribution in [3.8, 4) is 6.07 Å². The Kier molecular flexibility index (Phi) is 5.45. The van der Waals surface area contributed by atoms with E-state index in [0.717, 1.165) is 24.2 Å². The molecule has 2 amide bonds. The van der Waals surface area contributed by atoms with E-state index >= 15 is 0 Å². The van der Waals surface area contributed by atoms with Gasteiger partial charge in [0.1, 0.15) is 12.7 Å². The van der Waals surface area contributed by atoms with Crippen LogP contribution < -0.4 is 16.1 Å². The van der Waals surface area contributed by atoms with Gasteiger partial charge in [0.25, 0.3) is 5.91 Å². The van der Waals surface area contributed by atoms with Crippen LogP contribution in [0.3, 0.4) is 0 Å². The van der Waals surface area contributed by atoms with Crippen molar-refractivity contribution in [1.82, 2.24) is 20.7 Å². The first-order valence-electron chi connectivity index (χ1n) is 11.2. The number of fused-ring (bicyclic) bond motifs is 2. The zero-order chi connectivity index (χ0) is 23.3. The Bertz CT molecular complexity index is 1000. The van der Waals surface area contributed by atoms with Crippen LogP contribution in [0.5, 0.6) is 0 Å². The number of carbonyl (C=O) groups is 2. The Labute approximate surface area is 189 Å². The first-order chi connectivity index (χ1) is 15.7. The third-order valence-electron chi connectivity index (χ3n) is 6.96. The van der Waals surface area contributed by atoms with Gasteiger partial charge >= 0.3 is 6.18 Å². The lowest BCUT2D eigenvalue weighted by Gasteiger charge is -2.34. The van der Waals surface area contributed by atoms with Gasteiger partial charge in [0, 0.05) is 36.4 Å². The summed E-state index contributed by atoms with van der Waals surface area (Å²) in [4.78, 5) is 25.9. The van der Waals surface area contributed by atoms with Gasteiger partial charge in [0.05, 0.1) is 18.4 Å². The van der Waals surface area contributed by atoms with Crippen LogP contribution in [0.15, 0.2) is 18.2 Å². The van der Waals surface area contributed by atoms with Gasteiger partial charge in [0.2, 0.25) is 5.91 Å². The number of carbonyl (C=O) groups excluding carboxylic acids is 2. The normalized spacial score (nSPS) is 28.2. The molecule has 1 aliphatic carbocycles. The van der Waals surface area contributed by atoms with E-state index in [0.29, 0.717) is 30.1 Å². The van der Waals surface area contributed by atoms with Gasteiger partial charge in [-0.25, -0.2) is 10.4 Å². The fraction of sp³-hybridized carbons (Fsp3) is 0.591. The average Bonchev–Trinajstić information content (AvgIpc) is 3.46. The summed E-state index contributed by atoms with van der Waals surface area (Å²) < 4.78 is 38.4. The van der Waals surface area contributed by atoms with E-state index in [4.69, 9.17) is 0 Å². The lowest BCUT2D eigenvalue weighted by molar-refractivity contribution is -0.141. The largest absolute Gasteiger partial charge is 0.406 e. The first kappa shape index (κ1) is 22.0. The number of hydrazine groups is 1. The lowest BCUT2D eigenvalue weighted by atomic mass is 9.90. The van der Waals surface area contributed by atoms with Gasteiger partial charge in [0.15, 0.2) is 0 Å². The van der Waals surface area contributed by atoms with Gasteiger partial charge < -0.3 is 15.5 Å². The van der Waals surface area contributed by atoms with E-state index in [1.165, 1.54) is 6.07 Å². The van der Waals surface area contributed by atoms with Crippen molar-refractivity contribution >= 4 is 17.5 Å². The molecule has 1 aromatic carbocycles. The van der Waals surface area contributed by atoms with Crippen LogP contribution in [0.2, 0.25) is 0 Å². The number of halogens is 3. The molecule has 0 radical (unpaired) electrons. The molecule has 2 saturated heterocycles. The van der Waals surface area contributed by atoms with E-state index in [-0.39, 0.29) is 36.0 Å². The number of nitriles is 1. The molecule has 3 unspecified atom stereocenters. The molecule has 3 aliphatic heterocycles. The van der Waals surface area contributed by atoms with E-state index in [1.807, 2.05) is 0 Å². The molecular weight excluding hydrogens is 437 g/mol. The highest BCUT2D eigenvalue weighted by molar-refractivity contribution is 5.98. The highest BCUT2D eigenvalue weighted by Gasteiger charge is 2.52. The van der Waals surface area contributed by atoms with Crippen molar-refractivity contribution < 1.29 is 22.8 Å². The predicted molar refractivity (Wildman–Crippen MR) is 111 cm³/mol. The molecular formula is C22H25F3N6O2. The number of anilines is 1. The molecule has 11 heteroatoms. The number of piperidine rings is 1. The fourth-order valence-electron chi connectivity index (χ4n) is 5.36. The molecule has 0 aromatic heterocycles. The number of hydrogen-bond donors (Lipinski definition) is 3. The quantitative estimate of drug-likeness (QED) is 0.598. The summed E-state index contributed by atoms with van der Waals surface area (Å²) >= 11 is 0. The average molecular weight is 462 g/mol. The number of amides is 2. The molecule has 5 rings (SSSR count). The topological polar surface area (TPSA) is 100 Å². The second-order valence-electron chi connectivity index (χ2n) is 9.25. The zero-order valence-corrected chi connectivity index (χ0v) is 17.9. The third-order valence-corrected chi connectivity index (χ3v) is 6.96. The molecule has 3 N–H and O–H groups in total. The summed E-state index contributed by atoms with van der Waals surface area (Å²) in [5, 5.41) is 17.6. The van der Waals surface area contributed by atoms with Gasteiger partial charge in [-0.15, -0.1) is 0 Å². The Hall–Kier alpha value is -2.84. The summed E-state index contributed by atoms with van der Waals surface area (Å²) in [7, 11) is 0. The Morgan fingerprint density at radius 3 is 2.73 bits per heavy atom. The Balaban J connectivity index is 1.35. The molecule has 4 aliphatic rings. The number of benzene rings is 1. The van der Waals surface area contributed by atoms with Crippen LogP contribution in [-0.2, 0) is 11.3 Å². The lowest BCUT2D eigenvalue weighted by Crippen LogP contribution is -2.52. The predicted octanol–water partition coefficient (Wildman–Crippen LogP) is 1.96. The smallest absolute Gasteiger partial charge is 0.368 e. The maximum Gasteiger partial charge on any atom is 0.406 e. The summed E-state index contributed by atoms with van der Waals surface area (Å²) in [5.41, 5.74) is 4.83. The standard InChI is InChI=1S/C22H25F3N6O2/c23-22(24,25)11-30-10-13-9-14(3-4-15(13)21(30)33)28-19-18-17(6-8-27-20(18)32)31(29-19)16(5-7-26)12-1-2-12/h3-4,9,12,16-19,28-29H,1-2,5-6,8,10-11H2,(H,27,32)/t16-,17?,18?,19?/m0/s1. The van der Waals surface area contributed by atoms with Crippen molar-refractivity contribution in [3.63, 3.8) is 0 Å². The summed E-state index contributed by atoms with van der Waals surface area (Å²) in [6.45, 7) is -0.815. The first-order valence-corrected chi connectivity index (χ1v) is 11.2. The Morgan fingerprint density at radius 2 is 2.03 bits per heavy atom. The molecule has 3 fully saturated rings. The number of hydrogen-bond acceptors (Lipinski definition) is 6. The Morgan fingerprint density at radius 1 is 1.24 bits per heavy atom. The maximum atomic E-state index is 12.8. The van der Waals surface area contributed by atoms with E-state index < -0.39 is 24.8 Å². The van der Waals surface area contributed by atoms with Gasteiger partial charge in [-0.2, -0.15) is 18.4 Å². The highest BCUT2D eigenvalue weighted by Crippen LogP contribution is 2.41. The zero-order valence-electron chi connectivity index (χ0n) is 17.9. The third kappa shape index (κ3) is 4.25. The van der Waals surface area contributed by atoms with Crippen molar-refractivity contribution in [1.29, 1.82) is 5.26 Å². The van der Waals surface area contributed by atoms with Crippen LogP contribution in [0, 0.1) is 23.2 Å². The molecule has 1 saturated carbocycles. The van der Waals surface area contributed by atoms with Crippen molar-refractivity contribution in [2.24, 2.45) is 11.8 Å². The van der Waals surface area contributed by atoms with E-state index in [2.05, 4.69) is 27.1 Å². The van der Waals surface area contributed by atoms with Crippen LogP contribution >= 0.6 is 0 Å². The molecule has 1 aromatic rings. The highest BCUT2D eigenvalue weighted by atomic mass is 19.4. The van der Waals surface area contributed by atoms with Crippen molar-refractivity contribution in [2.75, 3.05) is 18.4 Å². The second kappa shape index (κ2) is 8.18. The molecule has 0 bridgehead atoms. The van der Waals surface area contributed by atoms with Crippen LogP contribution in [-0.4, -0.2) is 59.2 Å². The molecule has 8 nitrogen and oxygen atoms in total. The molecule has 33 heavy (non-hydrogen) atoms. The fourth-order valence-corrected chi connectivity index (χ4v) is 5.36. The van der Waals surface area contributed by atoms with Crippen LogP contribution in [0.4, 0.5) is 18.9 Å². The van der Waals surface area contributed by atoms with Crippen molar-refractivity contribution in [3.05, 3.63) is 29.3 Å². The summed E-state index contributed by atoms with van der Waals surface area (Å²) in [6, 6.07) is 7.12. The second-order valence-corrected chi connectivity index (χ2v) is 9.25. The molecule has 3 heterocycles. The van der Waals surface area contributed by atoms with Crippen LogP contribution in [0.25, 0.3) is 0 Å². The van der Waals surface area contributed by atoms with Gasteiger partial charge in [-0.05, 0) is 48.9 Å². The van der Waals surface area contributed by atoms with Gasteiger partial charge in [-0.3, -0.25) is 9.59 Å². The van der Waals surface area contributed by atoms with Gasteiger partial charge in [-0.1, -0.05) is 0 Å². The SMILES string of the molecule is N#CC[C@@H](C1CC1)N1NC(Nc2ccc3c(c2)CN(CC(F)(F)F)C3=O)C2C(=O)NCCC21. The summed E-state index contributed by atoms with van der Waals surface area (Å²) in [6.07, 6.45) is -1.61. The van der Waals surface area contributed by atoms with Crippen molar-refractivity contribution in [2.45, 2.75) is 56.7 Å². The molecule has 0 spiro atoms. The monoisotopic (exact) mass is 462 g/mol. The number of nitrogens with zero attached hydrogens (tertiary/aromatic N) is 3. The van der Waals surface area contributed by atoms with E-state index in [1.54, 1.807) is 12.1 Å². The van der Waals surface area contributed by atoms with Crippen LogP contribution in [0.1, 0.15) is 41.6 Å².